The second-order valence-corrected chi connectivity index (χ2v) is 16.0. The van der Waals surface area contributed by atoms with Gasteiger partial charge in [-0.2, -0.15) is 0 Å². The van der Waals surface area contributed by atoms with Crippen molar-refractivity contribution in [3.05, 3.63) is 261 Å². The molecule has 11 rings (SSSR count). The Balaban J connectivity index is 1.10. The van der Waals surface area contributed by atoms with E-state index in [9.17, 15) is 0 Å². The lowest BCUT2D eigenvalue weighted by Gasteiger charge is -2.27. The lowest BCUT2D eigenvalue weighted by molar-refractivity contribution is 1.29. The third-order valence-electron chi connectivity index (χ3n) is 12.3. The van der Waals surface area contributed by atoms with Crippen molar-refractivity contribution in [3.63, 3.8) is 0 Å². The van der Waals surface area contributed by atoms with Crippen LogP contribution in [0, 0.1) is 0 Å². The Morgan fingerprint density at radius 3 is 1.05 bits per heavy atom. The molecule has 11 aromatic rings. The van der Waals surface area contributed by atoms with E-state index in [1.807, 2.05) is 0 Å². The van der Waals surface area contributed by atoms with Crippen molar-refractivity contribution < 1.29 is 0 Å². The molecule has 1 heteroatoms. The highest BCUT2D eigenvalue weighted by Crippen LogP contribution is 2.47. The number of hydrogen-bond acceptors (Lipinski definition) is 1. The van der Waals surface area contributed by atoms with E-state index < -0.39 is 0 Å². The molecule has 0 saturated carbocycles. The van der Waals surface area contributed by atoms with Crippen LogP contribution in [0.4, 0.5) is 17.1 Å². The molecule has 0 aliphatic rings. The molecular formula is C62H43N. The molecule has 0 N–H and O–H groups in total. The molecule has 63 heavy (non-hydrogen) atoms. The largest absolute Gasteiger partial charge is 0.310 e. The number of anilines is 3. The van der Waals surface area contributed by atoms with Crippen LogP contribution in [0.25, 0.3) is 88.3 Å². The van der Waals surface area contributed by atoms with Crippen molar-refractivity contribution in [2.45, 2.75) is 0 Å². The van der Waals surface area contributed by atoms with Crippen LogP contribution < -0.4 is 4.90 Å². The van der Waals surface area contributed by atoms with Gasteiger partial charge in [0.15, 0.2) is 0 Å². The van der Waals surface area contributed by atoms with Crippen LogP contribution in [0.15, 0.2) is 261 Å². The van der Waals surface area contributed by atoms with Crippen LogP contribution in [0.1, 0.15) is 0 Å². The summed E-state index contributed by atoms with van der Waals surface area (Å²) in [5, 5.41) is 4.91. The zero-order chi connectivity index (χ0) is 42.0. The highest BCUT2D eigenvalue weighted by atomic mass is 15.1. The summed E-state index contributed by atoms with van der Waals surface area (Å²) in [6, 6.07) is 94.6. The predicted octanol–water partition coefficient (Wildman–Crippen LogP) is 17.5. The fraction of sp³-hybridized carbons (Fsp3) is 0. The fourth-order valence-electron chi connectivity index (χ4n) is 9.36. The maximum absolute atomic E-state index is 2.40. The first-order valence-corrected chi connectivity index (χ1v) is 21.7. The topological polar surface area (TPSA) is 3.24 Å². The predicted molar refractivity (Wildman–Crippen MR) is 269 cm³/mol. The van der Waals surface area contributed by atoms with Crippen LogP contribution in [-0.2, 0) is 0 Å². The van der Waals surface area contributed by atoms with Gasteiger partial charge in [0, 0.05) is 17.1 Å². The molecule has 296 valence electrons. The van der Waals surface area contributed by atoms with Crippen LogP contribution in [0.2, 0.25) is 0 Å². The number of fused-ring (bicyclic) bond motifs is 3. The first kappa shape index (κ1) is 37.7. The average molecular weight is 802 g/mol. The van der Waals surface area contributed by atoms with Crippen LogP contribution in [-0.4, -0.2) is 0 Å². The molecule has 0 aliphatic carbocycles. The Bertz CT molecular complexity index is 3320. The molecule has 0 unspecified atom stereocenters. The number of hydrogen-bond donors (Lipinski definition) is 0. The molecule has 0 fully saturated rings. The number of nitrogens with zero attached hydrogens (tertiary/aromatic N) is 1. The Labute approximate surface area is 369 Å². The summed E-state index contributed by atoms with van der Waals surface area (Å²) >= 11 is 0. The molecule has 0 heterocycles. The van der Waals surface area contributed by atoms with Gasteiger partial charge >= 0.3 is 0 Å². The number of rotatable bonds is 9. The molecule has 0 aliphatic heterocycles. The van der Waals surface area contributed by atoms with E-state index >= 15 is 0 Å². The first-order chi connectivity index (χ1) is 31.3. The molecular weight excluding hydrogens is 759 g/mol. The molecule has 0 spiro atoms. The molecule has 11 aromatic carbocycles. The molecule has 0 amide bonds. The Morgan fingerprint density at radius 1 is 0.190 bits per heavy atom. The minimum Gasteiger partial charge on any atom is -0.310 e. The van der Waals surface area contributed by atoms with E-state index in [1.165, 1.54) is 88.3 Å². The minimum absolute atomic E-state index is 1.08. The van der Waals surface area contributed by atoms with Gasteiger partial charge in [-0.3, -0.25) is 0 Å². The lowest BCUT2D eigenvalue weighted by atomic mass is 9.85. The first-order valence-electron chi connectivity index (χ1n) is 21.7. The third-order valence-corrected chi connectivity index (χ3v) is 12.3. The SMILES string of the molecule is c1ccc(-c2ccc(N(c3ccc(-c4cccc(-c5ccccc5)c4-c4ccccc4)cc3)c3ccc4c(-c5ccccc5)c(-c5ccccc5)c5ccccc5c4c3)cc2)cc1. The normalized spacial score (nSPS) is 11.2. The van der Waals surface area contributed by atoms with Crippen LogP contribution >= 0.6 is 0 Å². The number of benzene rings is 11. The summed E-state index contributed by atoms with van der Waals surface area (Å²) in [7, 11) is 0. The van der Waals surface area contributed by atoms with Crippen molar-refractivity contribution in [1.82, 2.24) is 0 Å². The Morgan fingerprint density at radius 2 is 0.540 bits per heavy atom. The van der Waals surface area contributed by atoms with Gasteiger partial charge in [0.25, 0.3) is 0 Å². The van der Waals surface area contributed by atoms with E-state index in [-0.39, 0.29) is 0 Å². The quantitative estimate of drug-likeness (QED) is 0.131. The van der Waals surface area contributed by atoms with Crippen molar-refractivity contribution in [2.75, 3.05) is 4.90 Å². The van der Waals surface area contributed by atoms with E-state index in [1.54, 1.807) is 0 Å². The summed E-state index contributed by atoms with van der Waals surface area (Å²) in [5.74, 6) is 0. The van der Waals surface area contributed by atoms with Gasteiger partial charge < -0.3 is 4.90 Å². The summed E-state index contributed by atoms with van der Waals surface area (Å²) in [4.78, 5) is 2.40. The van der Waals surface area contributed by atoms with Crippen molar-refractivity contribution in [2.24, 2.45) is 0 Å². The maximum Gasteiger partial charge on any atom is 0.0468 e. The van der Waals surface area contributed by atoms with Gasteiger partial charge in [0.1, 0.15) is 0 Å². The van der Waals surface area contributed by atoms with Gasteiger partial charge in [0.05, 0.1) is 0 Å². The van der Waals surface area contributed by atoms with Crippen molar-refractivity contribution in [1.29, 1.82) is 0 Å². The van der Waals surface area contributed by atoms with Crippen LogP contribution in [0.3, 0.4) is 0 Å². The van der Waals surface area contributed by atoms with Gasteiger partial charge in [-0.1, -0.05) is 224 Å². The zero-order valence-electron chi connectivity index (χ0n) is 34.8. The van der Waals surface area contributed by atoms with Crippen molar-refractivity contribution in [3.8, 4) is 66.8 Å². The third kappa shape index (κ3) is 7.16. The molecule has 0 atom stereocenters. The van der Waals surface area contributed by atoms with Gasteiger partial charge in [0.2, 0.25) is 0 Å². The molecule has 0 bridgehead atoms. The second-order valence-electron chi connectivity index (χ2n) is 16.0. The smallest absolute Gasteiger partial charge is 0.0468 e. The lowest BCUT2D eigenvalue weighted by Crippen LogP contribution is -2.10. The van der Waals surface area contributed by atoms with E-state index in [0.29, 0.717) is 0 Å². The Kier molecular flexibility index (Phi) is 9.97. The fourth-order valence-corrected chi connectivity index (χ4v) is 9.36. The molecule has 0 radical (unpaired) electrons. The summed E-state index contributed by atoms with van der Waals surface area (Å²) in [5.41, 5.74) is 17.8. The second kappa shape index (κ2) is 16.7. The van der Waals surface area contributed by atoms with Crippen LogP contribution in [0.5, 0.6) is 0 Å². The molecule has 1 nitrogen and oxygen atoms in total. The Hall–Kier alpha value is -8.26. The standard InChI is InChI=1S/C62H43N/c1-6-19-44(20-7-1)45-33-37-51(38-34-45)63(52-39-35-47(36-40-52)55-32-18-31-54(46-21-8-2-9-22-46)60(55)48-23-10-3-11-24-48)53-41-42-58-59(43-53)56-29-16-17-30-57(56)61(49-25-12-4-13-26-49)62(58)50-27-14-5-15-28-50/h1-43H. The highest BCUT2D eigenvalue weighted by Gasteiger charge is 2.21. The molecule has 0 aromatic heterocycles. The minimum atomic E-state index is 1.08. The van der Waals surface area contributed by atoms with E-state index in [0.717, 1.165) is 17.1 Å². The highest BCUT2D eigenvalue weighted by molar-refractivity contribution is 6.22. The van der Waals surface area contributed by atoms with Crippen molar-refractivity contribution >= 4 is 38.6 Å². The van der Waals surface area contributed by atoms with E-state index in [4.69, 9.17) is 0 Å². The monoisotopic (exact) mass is 801 g/mol. The maximum atomic E-state index is 2.40. The van der Waals surface area contributed by atoms with Gasteiger partial charge in [-0.25, -0.2) is 0 Å². The summed E-state index contributed by atoms with van der Waals surface area (Å²) < 4.78 is 0. The summed E-state index contributed by atoms with van der Waals surface area (Å²) in [6.45, 7) is 0. The summed E-state index contributed by atoms with van der Waals surface area (Å²) in [6.07, 6.45) is 0. The van der Waals surface area contributed by atoms with Gasteiger partial charge in [-0.15, -0.1) is 0 Å². The average Bonchev–Trinajstić information content (AvgIpc) is 3.37. The van der Waals surface area contributed by atoms with E-state index in [2.05, 4.69) is 266 Å². The zero-order valence-corrected chi connectivity index (χ0v) is 34.8. The molecule has 0 saturated heterocycles. The van der Waals surface area contributed by atoms with Gasteiger partial charge in [-0.05, 0) is 125 Å².